The van der Waals surface area contributed by atoms with Crippen LogP contribution in [0.4, 0.5) is 5.69 Å². The van der Waals surface area contributed by atoms with Crippen LogP contribution < -0.4 is 5.73 Å². The highest BCUT2D eigenvalue weighted by Gasteiger charge is 2.17. The van der Waals surface area contributed by atoms with Gasteiger partial charge in [-0.25, -0.2) is 0 Å². The summed E-state index contributed by atoms with van der Waals surface area (Å²) in [6, 6.07) is 5.89. The molecule has 0 spiro atoms. The smallest absolute Gasteiger partial charge is 0.272 e. The summed E-state index contributed by atoms with van der Waals surface area (Å²) in [6.45, 7) is 0. The van der Waals surface area contributed by atoms with Crippen LogP contribution in [0.25, 0.3) is 0 Å². The molecule has 0 aliphatic rings. The van der Waals surface area contributed by atoms with E-state index in [2.05, 4.69) is 0 Å². The standard InChI is InChI=1S/C10H11NO5S/c11-8-3-1-7(2-4-8)10(13)5-9(12)6-17(14,15)16/h1-4H,5-6,11H2,(H,14,15,16). The number of nitrogens with two attached hydrogens (primary N) is 1. The fourth-order valence-corrected chi connectivity index (χ4v) is 1.71. The number of carbonyl (C=O) groups excluding carboxylic acids is 2. The maximum Gasteiger partial charge on any atom is 0.272 e. The zero-order chi connectivity index (χ0) is 13.1. The molecule has 0 atom stereocenters. The number of hydrogen-bond acceptors (Lipinski definition) is 5. The van der Waals surface area contributed by atoms with Crippen molar-refractivity contribution in [2.24, 2.45) is 0 Å². The third-order valence-electron chi connectivity index (χ3n) is 1.93. The average molecular weight is 257 g/mol. The third kappa shape index (κ3) is 4.75. The Morgan fingerprint density at radius 2 is 1.71 bits per heavy atom. The van der Waals surface area contributed by atoms with Crippen molar-refractivity contribution in [1.29, 1.82) is 0 Å². The van der Waals surface area contributed by atoms with Gasteiger partial charge in [0.15, 0.2) is 11.6 Å². The SMILES string of the molecule is Nc1ccc(C(=O)CC(=O)CS(=O)(=O)O)cc1. The average Bonchev–Trinajstić information content (AvgIpc) is 2.15. The minimum absolute atomic E-state index is 0.267. The van der Waals surface area contributed by atoms with Crippen molar-refractivity contribution in [3.05, 3.63) is 29.8 Å². The van der Waals surface area contributed by atoms with E-state index in [0.717, 1.165) is 0 Å². The van der Waals surface area contributed by atoms with Crippen LogP contribution in [-0.4, -0.2) is 30.3 Å². The van der Waals surface area contributed by atoms with E-state index in [1.165, 1.54) is 24.3 Å². The summed E-state index contributed by atoms with van der Waals surface area (Å²) in [4.78, 5) is 22.6. The van der Waals surface area contributed by atoms with Gasteiger partial charge in [0.2, 0.25) is 0 Å². The highest BCUT2D eigenvalue weighted by atomic mass is 32.2. The molecule has 92 valence electrons. The van der Waals surface area contributed by atoms with Crippen LogP contribution in [0.3, 0.4) is 0 Å². The molecule has 1 aromatic carbocycles. The largest absolute Gasteiger partial charge is 0.399 e. The number of benzene rings is 1. The molecular weight excluding hydrogens is 246 g/mol. The molecule has 1 rings (SSSR count). The van der Waals surface area contributed by atoms with E-state index in [0.29, 0.717) is 5.69 Å². The number of rotatable bonds is 5. The zero-order valence-corrected chi connectivity index (χ0v) is 9.61. The summed E-state index contributed by atoms with van der Waals surface area (Å²) in [6.07, 6.45) is -0.566. The molecule has 0 aromatic heterocycles. The molecule has 0 amide bonds. The highest BCUT2D eigenvalue weighted by Crippen LogP contribution is 2.08. The Morgan fingerprint density at radius 3 is 2.18 bits per heavy atom. The van der Waals surface area contributed by atoms with Crippen molar-refractivity contribution >= 4 is 27.4 Å². The number of anilines is 1. The molecule has 0 aliphatic carbocycles. The first-order valence-corrected chi connectivity index (χ1v) is 6.24. The van der Waals surface area contributed by atoms with Crippen molar-refractivity contribution in [3.8, 4) is 0 Å². The van der Waals surface area contributed by atoms with Crippen molar-refractivity contribution in [3.63, 3.8) is 0 Å². The van der Waals surface area contributed by atoms with Gasteiger partial charge in [-0.3, -0.25) is 14.1 Å². The second-order valence-corrected chi connectivity index (χ2v) is 4.94. The molecule has 3 N–H and O–H groups in total. The fourth-order valence-electron chi connectivity index (χ4n) is 1.20. The summed E-state index contributed by atoms with van der Waals surface area (Å²) < 4.78 is 29.3. The van der Waals surface area contributed by atoms with Gasteiger partial charge in [0, 0.05) is 11.3 Å². The third-order valence-corrected chi connectivity index (χ3v) is 2.62. The maximum atomic E-state index is 11.5. The van der Waals surface area contributed by atoms with Gasteiger partial charge >= 0.3 is 0 Å². The molecular formula is C10H11NO5S. The highest BCUT2D eigenvalue weighted by molar-refractivity contribution is 7.86. The molecule has 0 fully saturated rings. The van der Waals surface area contributed by atoms with Crippen LogP contribution >= 0.6 is 0 Å². The first-order valence-electron chi connectivity index (χ1n) is 4.63. The van der Waals surface area contributed by atoms with Crippen LogP contribution in [0.5, 0.6) is 0 Å². The predicted molar refractivity (Wildman–Crippen MR) is 61.2 cm³/mol. The quantitative estimate of drug-likeness (QED) is 0.339. The first-order chi connectivity index (χ1) is 7.78. The van der Waals surface area contributed by atoms with Crippen LogP contribution in [0.2, 0.25) is 0 Å². The van der Waals surface area contributed by atoms with Crippen molar-refractivity contribution < 1.29 is 22.6 Å². The number of carbonyl (C=O) groups is 2. The van der Waals surface area contributed by atoms with E-state index in [4.69, 9.17) is 10.3 Å². The number of nitrogen functional groups attached to an aromatic ring is 1. The maximum absolute atomic E-state index is 11.5. The molecule has 6 nitrogen and oxygen atoms in total. The monoisotopic (exact) mass is 257 g/mol. The summed E-state index contributed by atoms with van der Waals surface area (Å²) in [5.41, 5.74) is 6.16. The molecule has 0 saturated carbocycles. The Hall–Kier alpha value is -1.73. The Kier molecular flexibility index (Phi) is 3.97. The van der Waals surface area contributed by atoms with Gasteiger partial charge < -0.3 is 5.73 Å². The molecule has 0 unspecified atom stereocenters. The molecule has 0 aliphatic heterocycles. The van der Waals surface area contributed by atoms with E-state index < -0.39 is 33.9 Å². The van der Waals surface area contributed by atoms with Crippen LogP contribution in [-0.2, 0) is 14.9 Å². The first kappa shape index (κ1) is 13.3. The van der Waals surface area contributed by atoms with Gasteiger partial charge in [-0.1, -0.05) is 0 Å². The molecule has 17 heavy (non-hydrogen) atoms. The Morgan fingerprint density at radius 1 is 1.18 bits per heavy atom. The molecule has 0 radical (unpaired) electrons. The van der Waals surface area contributed by atoms with Crippen LogP contribution in [0.1, 0.15) is 16.8 Å². The van der Waals surface area contributed by atoms with Gasteiger partial charge in [-0.15, -0.1) is 0 Å². The summed E-state index contributed by atoms with van der Waals surface area (Å²) >= 11 is 0. The van der Waals surface area contributed by atoms with Crippen molar-refractivity contribution in [2.45, 2.75) is 6.42 Å². The van der Waals surface area contributed by atoms with E-state index in [-0.39, 0.29) is 5.56 Å². The molecule has 7 heteroatoms. The van der Waals surface area contributed by atoms with E-state index in [1.54, 1.807) is 0 Å². The molecule has 1 aromatic rings. The lowest BCUT2D eigenvalue weighted by atomic mass is 10.1. The van der Waals surface area contributed by atoms with Crippen molar-refractivity contribution in [2.75, 3.05) is 11.5 Å². The fraction of sp³-hybridized carbons (Fsp3) is 0.200. The molecule has 0 heterocycles. The Labute approximate surface area is 98.2 Å². The van der Waals surface area contributed by atoms with Gasteiger partial charge in [-0.2, -0.15) is 8.42 Å². The van der Waals surface area contributed by atoms with E-state index in [9.17, 15) is 18.0 Å². The summed E-state index contributed by atoms with van der Waals surface area (Å²) in [7, 11) is -4.38. The van der Waals surface area contributed by atoms with Gasteiger partial charge in [-0.05, 0) is 24.3 Å². The summed E-state index contributed by atoms with van der Waals surface area (Å²) in [5, 5.41) is 0. The molecule has 0 saturated heterocycles. The molecule has 0 bridgehead atoms. The zero-order valence-electron chi connectivity index (χ0n) is 8.79. The topological polar surface area (TPSA) is 115 Å². The normalized spacial score (nSPS) is 11.1. The van der Waals surface area contributed by atoms with Crippen molar-refractivity contribution in [1.82, 2.24) is 0 Å². The van der Waals surface area contributed by atoms with Crippen LogP contribution in [0, 0.1) is 0 Å². The lowest BCUT2D eigenvalue weighted by Gasteiger charge is -2.00. The second kappa shape index (κ2) is 5.07. The number of ketones is 2. The minimum atomic E-state index is -4.38. The van der Waals surface area contributed by atoms with Gasteiger partial charge in [0.1, 0.15) is 5.75 Å². The lowest BCUT2D eigenvalue weighted by Crippen LogP contribution is -2.18. The minimum Gasteiger partial charge on any atom is -0.399 e. The van der Waals surface area contributed by atoms with E-state index >= 15 is 0 Å². The lowest BCUT2D eigenvalue weighted by molar-refractivity contribution is -0.115. The Balaban J connectivity index is 2.67. The Bertz CT molecular complexity index is 532. The second-order valence-electron chi connectivity index (χ2n) is 3.49. The van der Waals surface area contributed by atoms with E-state index in [1.807, 2.05) is 0 Å². The van der Waals surface area contributed by atoms with Gasteiger partial charge in [0.05, 0.1) is 6.42 Å². The van der Waals surface area contributed by atoms with Gasteiger partial charge in [0.25, 0.3) is 10.1 Å². The predicted octanol–water partition coefficient (Wildman–Crippen LogP) is 0.299. The number of Topliss-reactive ketones (excluding diaryl/α,β-unsaturated/α-hetero) is 2. The summed E-state index contributed by atoms with van der Waals surface area (Å²) in [5.74, 6) is -2.42. The van der Waals surface area contributed by atoms with Crippen LogP contribution in [0.15, 0.2) is 24.3 Å². The number of hydrogen-bond donors (Lipinski definition) is 2.